The Morgan fingerprint density at radius 3 is 2.52 bits per heavy atom. The van der Waals surface area contributed by atoms with Crippen LogP contribution in [0.2, 0.25) is 5.02 Å². The number of rotatable bonds is 5. The molecule has 0 bridgehead atoms. The molecule has 1 aliphatic carbocycles. The van der Waals surface area contributed by atoms with Gasteiger partial charge in [-0.1, -0.05) is 30.2 Å². The van der Waals surface area contributed by atoms with Crippen molar-refractivity contribution in [1.82, 2.24) is 14.5 Å². The van der Waals surface area contributed by atoms with Crippen molar-refractivity contribution >= 4 is 28.4 Å². The van der Waals surface area contributed by atoms with Crippen molar-refractivity contribution in [2.24, 2.45) is 5.92 Å². The van der Waals surface area contributed by atoms with Crippen LogP contribution in [-0.2, 0) is 4.79 Å². The first-order valence-corrected chi connectivity index (χ1v) is 10.5. The fourth-order valence-corrected chi connectivity index (χ4v) is 4.05. The van der Waals surface area contributed by atoms with Gasteiger partial charge in [0, 0.05) is 17.5 Å². The molecule has 1 heterocycles. The normalized spacial score (nSPS) is 15.1. The molecule has 1 unspecified atom stereocenters. The average molecular weight is 410 g/mol. The van der Waals surface area contributed by atoms with Gasteiger partial charge in [0.25, 0.3) is 5.56 Å². The maximum absolute atomic E-state index is 13.4. The first kappa shape index (κ1) is 19.6. The van der Waals surface area contributed by atoms with E-state index < -0.39 is 0 Å². The van der Waals surface area contributed by atoms with Gasteiger partial charge in [0.15, 0.2) is 0 Å². The number of hydrogen-bond acceptors (Lipinski definition) is 3. The predicted octanol–water partition coefficient (Wildman–Crippen LogP) is 4.75. The fraction of sp³-hybridized carbons (Fsp3) is 0.348. The number of amides is 1. The number of carbonyl (C=O) groups excluding carboxylic acids is 1. The molecular weight excluding hydrogens is 386 g/mol. The summed E-state index contributed by atoms with van der Waals surface area (Å²) in [4.78, 5) is 33.1. The summed E-state index contributed by atoms with van der Waals surface area (Å²) in [5.74, 6) is 0.801. The van der Waals surface area contributed by atoms with E-state index in [9.17, 15) is 9.59 Å². The highest BCUT2D eigenvalue weighted by Gasteiger charge is 2.33. The molecule has 3 aromatic rings. The highest BCUT2D eigenvalue weighted by Crippen LogP contribution is 2.32. The van der Waals surface area contributed by atoms with Gasteiger partial charge in [0.05, 0.1) is 22.6 Å². The number of fused-ring (bicyclic) bond motifs is 1. The van der Waals surface area contributed by atoms with Gasteiger partial charge in [-0.15, -0.1) is 0 Å². The molecule has 0 saturated heterocycles. The molecule has 1 aliphatic rings. The zero-order valence-electron chi connectivity index (χ0n) is 16.6. The minimum Gasteiger partial charge on any atom is -0.333 e. The van der Waals surface area contributed by atoms with Crippen molar-refractivity contribution in [2.45, 2.75) is 39.2 Å². The number of carbonyl (C=O) groups is 1. The fourth-order valence-electron chi connectivity index (χ4n) is 3.92. The zero-order valence-corrected chi connectivity index (χ0v) is 17.4. The summed E-state index contributed by atoms with van der Waals surface area (Å²) in [7, 11) is 0. The van der Waals surface area contributed by atoms with Crippen LogP contribution < -0.4 is 5.56 Å². The number of hydrogen-bond donors (Lipinski definition) is 0. The third-order valence-corrected chi connectivity index (χ3v) is 6.06. The second kappa shape index (κ2) is 7.99. The van der Waals surface area contributed by atoms with Crippen LogP contribution in [0.4, 0.5) is 0 Å². The largest absolute Gasteiger partial charge is 0.333 e. The molecule has 1 saturated carbocycles. The van der Waals surface area contributed by atoms with Gasteiger partial charge >= 0.3 is 0 Å². The summed E-state index contributed by atoms with van der Waals surface area (Å²) >= 11 is 6.05. The summed E-state index contributed by atoms with van der Waals surface area (Å²) in [5, 5.41) is 1.15. The van der Waals surface area contributed by atoms with E-state index in [1.165, 1.54) is 0 Å². The van der Waals surface area contributed by atoms with Crippen LogP contribution in [0, 0.1) is 5.92 Å². The SMILES string of the molecule is CCN(C(=O)C1CCC1)C(C)c1nc2ccccc2c(=O)n1-c1ccc(Cl)cc1. The molecule has 4 rings (SSSR count). The van der Waals surface area contributed by atoms with Crippen molar-refractivity contribution in [2.75, 3.05) is 6.54 Å². The lowest BCUT2D eigenvalue weighted by atomic mass is 9.84. The molecule has 29 heavy (non-hydrogen) atoms. The highest BCUT2D eigenvalue weighted by atomic mass is 35.5. The molecule has 0 radical (unpaired) electrons. The molecule has 1 aromatic heterocycles. The van der Waals surface area contributed by atoms with Crippen molar-refractivity contribution in [3.05, 3.63) is 69.7 Å². The lowest BCUT2D eigenvalue weighted by Crippen LogP contribution is -2.42. The molecule has 0 N–H and O–H groups in total. The monoisotopic (exact) mass is 409 g/mol. The van der Waals surface area contributed by atoms with Crippen LogP contribution in [0.1, 0.15) is 45.0 Å². The van der Waals surface area contributed by atoms with Gasteiger partial charge in [-0.05, 0) is 63.1 Å². The third kappa shape index (κ3) is 3.55. The minimum absolute atomic E-state index is 0.0913. The molecule has 6 heteroatoms. The van der Waals surface area contributed by atoms with Crippen molar-refractivity contribution in [3.63, 3.8) is 0 Å². The number of aromatic nitrogens is 2. The Morgan fingerprint density at radius 2 is 1.90 bits per heavy atom. The average Bonchev–Trinajstić information content (AvgIpc) is 2.68. The Morgan fingerprint density at radius 1 is 1.21 bits per heavy atom. The molecule has 1 amide bonds. The topological polar surface area (TPSA) is 55.2 Å². The first-order chi connectivity index (χ1) is 14.0. The van der Waals surface area contributed by atoms with Crippen LogP contribution >= 0.6 is 11.6 Å². The van der Waals surface area contributed by atoms with E-state index in [0.29, 0.717) is 34.0 Å². The lowest BCUT2D eigenvalue weighted by molar-refractivity contribution is -0.140. The molecule has 1 atom stereocenters. The van der Waals surface area contributed by atoms with Crippen LogP contribution in [-0.4, -0.2) is 26.9 Å². The number of nitrogens with zero attached hydrogens (tertiary/aromatic N) is 3. The molecule has 5 nitrogen and oxygen atoms in total. The molecular formula is C23H24ClN3O2. The van der Waals surface area contributed by atoms with Gasteiger partial charge in [0.2, 0.25) is 5.91 Å². The summed E-state index contributed by atoms with van der Waals surface area (Å²) in [6.07, 6.45) is 2.99. The number of benzene rings is 2. The Bertz CT molecular complexity index is 1100. The zero-order chi connectivity index (χ0) is 20.5. The highest BCUT2D eigenvalue weighted by molar-refractivity contribution is 6.30. The lowest BCUT2D eigenvalue weighted by Gasteiger charge is -2.35. The van der Waals surface area contributed by atoms with Crippen LogP contribution in [0.3, 0.4) is 0 Å². The molecule has 1 fully saturated rings. The van der Waals surface area contributed by atoms with E-state index in [1.807, 2.05) is 36.9 Å². The predicted molar refractivity (Wildman–Crippen MR) is 115 cm³/mol. The van der Waals surface area contributed by atoms with E-state index in [0.717, 1.165) is 19.3 Å². The Labute approximate surface area is 174 Å². The quantitative estimate of drug-likeness (QED) is 0.611. The van der Waals surface area contributed by atoms with Crippen molar-refractivity contribution in [1.29, 1.82) is 0 Å². The summed E-state index contributed by atoms with van der Waals surface area (Å²) < 4.78 is 1.61. The van der Waals surface area contributed by atoms with Gasteiger partial charge in [0.1, 0.15) is 5.82 Å². The molecule has 0 aliphatic heterocycles. The Hall–Kier alpha value is -2.66. The standard InChI is InChI=1S/C23H24ClN3O2/c1-3-26(22(28)16-7-6-8-16)15(2)21-25-20-10-5-4-9-19(20)23(29)27(21)18-13-11-17(24)12-14-18/h4-5,9-16H,3,6-8H2,1-2H3. The van der Waals surface area contributed by atoms with Gasteiger partial charge in [-0.3, -0.25) is 14.2 Å². The molecule has 0 spiro atoms. The van der Waals surface area contributed by atoms with E-state index in [1.54, 1.807) is 34.9 Å². The third-order valence-electron chi connectivity index (χ3n) is 5.81. The van der Waals surface area contributed by atoms with Crippen molar-refractivity contribution < 1.29 is 4.79 Å². The maximum atomic E-state index is 13.4. The van der Waals surface area contributed by atoms with Gasteiger partial charge in [-0.25, -0.2) is 4.98 Å². The van der Waals surface area contributed by atoms with E-state index in [-0.39, 0.29) is 23.4 Å². The van der Waals surface area contributed by atoms with Crippen molar-refractivity contribution in [3.8, 4) is 5.69 Å². The Balaban J connectivity index is 1.89. The van der Waals surface area contributed by atoms with Crippen LogP contribution in [0.5, 0.6) is 0 Å². The maximum Gasteiger partial charge on any atom is 0.266 e. The summed E-state index contributed by atoms with van der Waals surface area (Å²) in [6.45, 7) is 4.49. The van der Waals surface area contributed by atoms with E-state index in [4.69, 9.17) is 16.6 Å². The molecule has 150 valence electrons. The first-order valence-electron chi connectivity index (χ1n) is 10.1. The molecule has 2 aromatic carbocycles. The summed E-state index contributed by atoms with van der Waals surface area (Å²) in [6, 6.07) is 14.1. The van der Waals surface area contributed by atoms with E-state index >= 15 is 0 Å². The second-order valence-electron chi connectivity index (χ2n) is 7.53. The minimum atomic E-state index is -0.332. The summed E-state index contributed by atoms with van der Waals surface area (Å²) in [5.41, 5.74) is 1.18. The van der Waals surface area contributed by atoms with Crippen LogP contribution in [0.25, 0.3) is 16.6 Å². The van der Waals surface area contributed by atoms with Gasteiger partial charge in [-0.2, -0.15) is 0 Å². The van der Waals surface area contributed by atoms with Gasteiger partial charge < -0.3 is 4.90 Å². The Kier molecular flexibility index (Phi) is 5.41. The second-order valence-corrected chi connectivity index (χ2v) is 7.97. The number of para-hydroxylation sites is 1. The van der Waals surface area contributed by atoms with E-state index in [2.05, 4.69) is 0 Å². The number of halogens is 1. The smallest absolute Gasteiger partial charge is 0.266 e. The van der Waals surface area contributed by atoms with Crippen LogP contribution in [0.15, 0.2) is 53.3 Å².